The lowest BCUT2D eigenvalue weighted by atomic mass is 9.93. The lowest BCUT2D eigenvalue weighted by Crippen LogP contribution is -2.42. The first-order chi connectivity index (χ1) is 6.57. The molecule has 0 bridgehead atoms. The number of nitrogens with one attached hydrogen (secondary N) is 1. The summed E-state index contributed by atoms with van der Waals surface area (Å²) in [5, 5.41) is 3.30. The molecule has 2 heterocycles. The lowest BCUT2D eigenvalue weighted by Gasteiger charge is -2.34. The van der Waals surface area contributed by atoms with E-state index in [-0.39, 0.29) is 11.6 Å². The Bertz CT molecular complexity index is 312. The summed E-state index contributed by atoms with van der Waals surface area (Å²) < 4.78 is 11.8. The molecule has 1 aromatic rings. The molecule has 4 heteroatoms. The second kappa shape index (κ2) is 3.68. The zero-order chi connectivity index (χ0) is 10.2. The van der Waals surface area contributed by atoms with Gasteiger partial charge in [-0.1, -0.05) is 13.8 Å². The van der Waals surface area contributed by atoms with E-state index < -0.39 is 0 Å². The van der Waals surface area contributed by atoms with Crippen LogP contribution in [0.25, 0.3) is 0 Å². The minimum absolute atomic E-state index is 0.102. The van der Waals surface area contributed by atoms with E-state index in [0.29, 0.717) is 0 Å². The summed E-state index contributed by atoms with van der Waals surface area (Å²) in [6.07, 6.45) is -0.102. The van der Waals surface area contributed by atoms with Crippen LogP contribution in [0.2, 0.25) is 0 Å². The molecule has 1 unspecified atom stereocenters. The Morgan fingerprint density at radius 3 is 2.79 bits per heavy atom. The summed E-state index contributed by atoms with van der Waals surface area (Å²) >= 11 is 3.27. The van der Waals surface area contributed by atoms with Crippen molar-refractivity contribution in [1.29, 1.82) is 0 Å². The number of hydrogen-bond donors (Lipinski definition) is 1. The number of ether oxygens (including phenoxy) is 1. The van der Waals surface area contributed by atoms with Gasteiger partial charge in [0.05, 0.1) is 6.61 Å². The molecule has 0 aromatic carbocycles. The SMILES string of the molecule is CC1(C)CNC(c2ccc(Br)o2)OC1. The van der Waals surface area contributed by atoms with Gasteiger partial charge in [0.25, 0.3) is 0 Å². The molecular formula is C10H14BrNO2. The van der Waals surface area contributed by atoms with Gasteiger partial charge in [0.2, 0.25) is 0 Å². The van der Waals surface area contributed by atoms with Crippen molar-refractivity contribution in [3.8, 4) is 0 Å². The molecule has 78 valence electrons. The predicted octanol–water partition coefficient (Wildman–Crippen LogP) is 2.69. The average Bonchev–Trinajstić information content (AvgIpc) is 2.52. The maximum absolute atomic E-state index is 5.67. The fourth-order valence-corrected chi connectivity index (χ4v) is 1.76. The Morgan fingerprint density at radius 2 is 2.29 bits per heavy atom. The minimum Gasteiger partial charge on any atom is -0.450 e. The number of hydrogen-bond acceptors (Lipinski definition) is 3. The van der Waals surface area contributed by atoms with E-state index in [4.69, 9.17) is 9.15 Å². The molecule has 0 radical (unpaired) electrons. The van der Waals surface area contributed by atoms with Crippen LogP contribution in [0.4, 0.5) is 0 Å². The maximum Gasteiger partial charge on any atom is 0.169 e. The average molecular weight is 260 g/mol. The molecule has 1 saturated heterocycles. The number of halogens is 1. The van der Waals surface area contributed by atoms with E-state index >= 15 is 0 Å². The van der Waals surface area contributed by atoms with Gasteiger partial charge in [-0.2, -0.15) is 0 Å². The molecule has 0 spiro atoms. The first-order valence-electron chi connectivity index (χ1n) is 4.67. The van der Waals surface area contributed by atoms with Crippen LogP contribution in [0.15, 0.2) is 21.2 Å². The summed E-state index contributed by atoms with van der Waals surface area (Å²) in [5.41, 5.74) is 0.209. The van der Waals surface area contributed by atoms with Crippen molar-refractivity contribution < 1.29 is 9.15 Å². The van der Waals surface area contributed by atoms with E-state index in [0.717, 1.165) is 23.6 Å². The van der Waals surface area contributed by atoms with Gasteiger partial charge in [0.1, 0.15) is 5.76 Å². The van der Waals surface area contributed by atoms with Crippen molar-refractivity contribution >= 4 is 15.9 Å². The van der Waals surface area contributed by atoms with Crippen LogP contribution in [0.1, 0.15) is 25.8 Å². The van der Waals surface area contributed by atoms with Gasteiger partial charge < -0.3 is 9.15 Å². The molecule has 2 rings (SSSR count). The molecule has 0 aliphatic carbocycles. The van der Waals surface area contributed by atoms with E-state index in [2.05, 4.69) is 35.1 Å². The van der Waals surface area contributed by atoms with Gasteiger partial charge >= 0.3 is 0 Å². The Hall–Kier alpha value is -0.320. The molecule has 1 atom stereocenters. The number of rotatable bonds is 1. The van der Waals surface area contributed by atoms with Gasteiger partial charge in [-0.15, -0.1) is 0 Å². The topological polar surface area (TPSA) is 34.4 Å². The second-order valence-electron chi connectivity index (χ2n) is 4.38. The smallest absolute Gasteiger partial charge is 0.169 e. The monoisotopic (exact) mass is 259 g/mol. The van der Waals surface area contributed by atoms with Crippen LogP contribution < -0.4 is 5.32 Å². The predicted molar refractivity (Wildman–Crippen MR) is 56.9 cm³/mol. The van der Waals surface area contributed by atoms with E-state index in [1.807, 2.05) is 12.1 Å². The van der Waals surface area contributed by atoms with Gasteiger partial charge in [0.15, 0.2) is 10.9 Å². The van der Waals surface area contributed by atoms with Gasteiger partial charge in [0, 0.05) is 12.0 Å². The van der Waals surface area contributed by atoms with Crippen molar-refractivity contribution in [3.05, 3.63) is 22.6 Å². The summed E-state index contributed by atoms with van der Waals surface area (Å²) in [7, 11) is 0. The van der Waals surface area contributed by atoms with Crippen LogP contribution in [-0.2, 0) is 4.74 Å². The zero-order valence-electron chi connectivity index (χ0n) is 8.34. The molecule has 1 N–H and O–H groups in total. The van der Waals surface area contributed by atoms with E-state index in [1.165, 1.54) is 0 Å². The Morgan fingerprint density at radius 1 is 1.50 bits per heavy atom. The summed E-state index contributed by atoms with van der Waals surface area (Å²) in [6.45, 7) is 6.04. The lowest BCUT2D eigenvalue weighted by molar-refractivity contribution is -0.0690. The quantitative estimate of drug-likeness (QED) is 0.843. The minimum atomic E-state index is -0.102. The molecule has 1 aliphatic heterocycles. The van der Waals surface area contributed by atoms with Crippen molar-refractivity contribution in [1.82, 2.24) is 5.32 Å². The Labute approximate surface area is 91.9 Å². The normalized spacial score (nSPS) is 26.4. The fraction of sp³-hybridized carbons (Fsp3) is 0.600. The molecule has 0 amide bonds. The van der Waals surface area contributed by atoms with Crippen LogP contribution in [-0.4, -0.2) is 13.2 Å². The van der Waals surface area contributed by atoms with Crippen LogP contribution >= 0.6 is 15.9 Å². The second-order valence-corrected chi connectivity index (χ2v) is 5.16. The van der Waals surface area contributed by atoms with E-state index in [1.54, 1.807) is 0 Å². The Balaban J connectivity index is 2.02. The number of furan rings is 1. The fourth-order valence-electron chi connectivity index (χ4n) is 1.44. The summed E-state index contributed by atoms with van der Waals surface area (Å²) in [5.74, 6) is 0.826. The maximum atomic E-state index is 5.67. The molecule has 14 heavy (non-hydrogen) atoms. The molecule has 1 aromatic heterocycles. The first kappa shape index (κ1) is 10.2. The Kier molecular flexibility index (Phi) is 2.68. The van der Waals surface area contributed by atoms with Crippen molar-refractivity contribution in [2.45, 2.75) is 20.1 Å². The van der Waals surface area contributed by atoms with Gasteiger partial charge in [-0.3, -0.25) is 5.32 Å². The third kappa shape index (κ3) is 2.19. The molecule has 1 fully saturated rings. The van der Waals surface area contributed by atoms with E-state index in [9.17, 15) is 0 Å². The largest absolute Gasteiger partial charge is 0.450 e. The molecule has 1 aliphatic rings. The van der Waals surface area contributed by atoms with Crippen LogP contribution in [0, 0.1) is 5.41 Å². The first-order valence-corrected chi connectivity index (χ1v) is 5.46. The summed E-state index contributed by atoms with van der Waals surface area (Å²) in [6, 6.07) is 3.79. The van der Waals surface area contributed by atoms with Crippen molar-refractivity contribution in [2.24, 2.45) is 5.41 Å². The summed E-state index contributed by atoms with van der Waals surface area (Å²) in [4.78, 5) is 0. The van der Waals surface area contributed by atoms with Gasteiger partial charge in [-0.25, -0.2) is 0 Å². The standard InChI is InChI=1S/C10H14BrNO2/c1-10(2)5-12-9(13-6-10)7-3-4-8(11)14-7/h3-4,9,12H,5-6H2,1-2H3. The highest BCUT2D eigenvalue weighted by Gasteiger charge is 2.29. The third-order valence-corrected chi connectivity index (χ3v) is 2.69. The molecule has 3 nitrogen and oxygen atoms in total. The van der Waals surface area contributed by atoms with Gasteiger partial charge in [-0.05, 0) is 28.1 Å². The third-order valence-electron chi connectivity index (χ3n) is 2.26. The highest BCUT2D eigenvalue weighted by molar-refractivity contribution is 9.10. The van der Waals surface area contributed by atoms with Crippen LogP contribution in [0.5, 0.6) is 0 Å². The zero-order valence-corrected chi connectivity index (χ0v) is 9.93. The van der Waals surface area contributed by atoms with Crippen LogP contribution in [0.3, 0.4) is 0 Å². The van der Waals surface area contributed by atoms with Crippen molar-refractivity contribution in [3.63, 3.8) is 0 Å². The molecule has 0 saturated carbocycles. The molecular weight excluding hydrogens is 246 g/mol. The highest BCUT2D eigenvalue weighted by atomic mass is 79.9. The highest BCUT2D eigenvalue weighted by Crippen LogP contribution is 2.28. The van der Waals surface area contributed by atoms with Crippen molar-refractivity contribution in [2.75, 3.05) is 13.2 Å².